The molecular weight excluding hydrogens is 242 g/mol. The topological polar surface area (TPSA) is 76.7 Å². The molecule has 0 radical (unpaired) electrons. The minimum absolute atomic E-state index is 0.423. The van der Waals surface area contributed by atoms with Crippen LogP contribution in [0.4, 0.5) is 0 Å². The van der Waals surface area contributed by atoms with Crippen LogP contribution in [-0.4, -0.2) is 33.2 Å². The minimum Gasteiger partial charge on any atom is -0.339 e. The van der Waals surface area contributed by atoms with Crippen molar-refractivity contribution >= 4 is 0 Å². The number of hydrogen-bond acceptors (Lipinski definition) is 6. The lowest BCUT2D eigenvalue weighted by Crippen LogP contribution is -2.29. The van der Waals surface area contributed by atoms with Crippen molar-refractivity contribution in [2.75, 3.05) is 7.05 Å². The smallest absolute Gasteiger partial charge is 0.240 e. The highest BCUT2D eigenvalue weighted by Gasteiger charge is 2.31. The monoisotopic (exact) mass is 259 g/mol. The molecule has 6 nitrogen and oxygen atoms in total. The third-order valence-electron chi connectivity index (χ3n) is 3.41. The molecule has 0 bridgehead atoms. The Balaban J connectivity index is 1.73. The zero-order chi connectivity index (χ0) is 13.2. The summed E-state index contributed by atoms with van der Waals surface area (Å²) in [7, 11) is 1.98. The van der Waals surface area contributed by atoms with Gasteiger partial charge < -0.3 is 9.84 Å². The zero-order valence-corrected chi connectivity index (χ0v) is 11.1. The van der Waals surface area contributed by atoms with Crippen molar-refractivity contribution in [3.63, 3.8) is 0 Å². The number of rotatable bonds is 5. The molecule has 0 aromatic carbocycles. The summed E-state index contributed by atoms with van der Waals surface area (Å²) in [4.78, 5) is 12.8. The quantitative estimate of drug-likeness (QED) is 0.874. The van der Waals surface area contributed by atoms with E-state index in [1.165, 1.54) is 12.8 Å². The lowest BCUT2D eigenvalue weighted by atomic mass is 10.1. The number of nitrogens with zero attached hydrogens (tertiary/aromatic N) is 4. The van der Waals surface area contributed by atoms with Crippen LogP contribution in [0.2, 0.25) is 0 Å². The van der Waals surface area contributed by atoms with E-state index >= 15 is 0 Å². The van der Waals surface area contributed by atoms with E-state index in [9.17, 15) is 0 Å². The second-order valence-corrected chi connectivity index (χ2v) is 5.03. The molecule has 0 spiro atoms. The molecule has 2 aromatic heterocycles. The number of aryl methyl sites for hydroxylation is 1. The first-order valence-electron chi connectivity index (χ1n) is 6.55. The molecule has 2 heterocycles. The third kappa shape index (κ3) is 2.78. The van der Waals surface area contributed by atoms with Crippen LogP contribution in [0.1, 0.15) is 24.3 Å². The Morgan fingerprint density at radius 2 is 2.05 bits per heavy atom. The van der Waals surface area contributed by atoms with E-state index in [1.54, 1.807) is 12.4 Å². The maximum atomic E-state index is 5.28. The van der Waals surface area contributed by atoms with Gasteiger partial charge in [-0.25, -0.2) is 9.97 Å². The summed E-state index contributed by atoms with van der Waals surface area (Å²) >= 11 is 0. The van der Waals surface area contributed by atoms with E-state index in [0.717, 1.165) is 17.9 Å². The van der Waals surface area contributed by atoms with E-state index in [4.69, 9.17) is 4.52 Å². The standard InChI is InChI=1S/C13H17N5O/c1-8-6-15-12(16-7-8)13-17-11(19-18-13)5-10(14-2)9-3-4-9/h6-7,9-10,14H,3-5H2,1-2H3. The van der Waals surface area contributed by atoms with Crippen molar-refractivity contribution in [1.82, 2.24) is 25.4 Å². The summed E-state index contributed by atoms with van der Waals surface area (Å²) in [5.41, 5.74) is 1.01. The van der Waals surface area contributed by atoms with Gasteiger partial charge >= 0.3 is 0 Å². The predicted octanol–water partition coefficient (Wildman–Crippen LogP) is 1.38. The van der Waals surface area contributed by atoms with Gasteiger partial charge in [-0.3, -0.25) is 0 Å². The molecule has 1 saturated carbocycles. The first-order chi connectivity index (χ1) is 9.26. The highest BCUT2D eigenvalue weighted by Crippen LogP contribution is 2.33. The van der Waals surface area contributed by atoms with Gasteiger partial charge in [0, 0.05) is 24.9 Å². The maximum Gasteiger partial charge on any atom is 0.240 e. The van der Waals surface area contributed by atoms with Crippen LogP contribution < -0.4 is 5.32 Å². The molecular formula is C13H17N5O. The van der Waals surface area contributed by atoms with Gasteiger partial charge in [0.15, 0.2) is 0 Å². The van der Waals surface area contributed by atoms with Crippen molar-refractivity contribution in [1.29, 1.82) is 0 Å². The van der Waals surface area contributed by atoms with Crippen LogP contribution in [0, 0.1) is 12.8 Å². The zero-order valence-electron chi connectivity index (χ0n) is 11.1. The third-order valence-corrected chi connectivity index (χ3v) is 3.41. The number of aromatic nitrogens is 4. The lowest BCUT2D eigenvalue weighted by Gasteiger charge is -2.11. The number of hydrogen-bond donors (Lipinski definition) is 1. The average molecular weight is 259 g/mol. The number of nitrogens with one attached hydrogen (secondary N) is 1. The largest absolute Gasteiger partial charge is 0.339 e. The van der Waals surface area contributed by atoms with Crippen molar-refractivity contribution in [2.24, 2.45) is 5.92 Å². The fourth-order valence-electron chi connectivity index (χ4n) is 2.13. The Morgan fingerprint density at radius 1 is 1.32 bits per heavy atom. The van der Waals surface area contributed by atoms with Crippen LogP contribution in [0.3, 0.4) is 0 Å². The Hall–Kier alpha value is -1.82. The molecule has 1 unspecified atom stereocenters. The molecule has 0 amide bonds. The van der Waals surface area contributed by atoms with E-state index in [2.05, 4.69) is 25.4 Å². The van der Waals surface area contributed by atoms with Gasteiger partial charge in [0.25, 0.3) is 0 Å². The molecule has 1 aliphatic rings. The molecule has 1 N–H and O–H groups in total. The molecule has 2 aromatic rings. The predicted molar refractivity (Wildman–Crippen MR) is 69.3 cm³/mol. The van der Waals surface area contributed by atoms with E-state index in [1.807, 2.05) is 14.0 Å². The molecule has 0 saturated heterocycles. The first-order valence-corrected chi connectivity index (χ1v) is 6.55. The minimum atomic E-state index is 0.423. The molecule has 3 rings (SSSR count). The Kier molecular flexibility index (Phi) is 3.25. The van der Waals surface area contributed by atoms with Crippen LogP contribution >= 0.6 is 0 Å². The summed E-state index contributed by atoms with van der Waals surface area (Å²) in [5, 5.41) is 7.25. The highest BCUT2D eigenvalue weighted by atomic mass is 16.5. The highest BCUT2D eigenvalue weighted by molar-refractivity contribution is 5.40. The van der Waals surface area contributed by atoms with Gasteiger partial charge in [-0.05, 0) is 38.3 Å². The van der Waals surface area contributed by atoms with Crippen molar-refractivity contribution < 1.29 is 4.52 Å². The van der Waals surface area contributed by atoms with Crippen molar-refractivity contribution in [3.05, 3.63) is 23.8 Å². The van der Waals surface area contributed by atoms with E-state index in [-0.39, 0.29) is 0 Å². The molecule has 1 fully saturated rings. The van der Waals surface area contributed by atoms with Gasteiger partial charge in [-0.1, -0.05) is 5.16 Å². The van der Waals surface area contributed by atoms with Crippen LogP contribution in [0.5, 0.6) is 0 Å². The molecule has 100 valence electrons. The van der Waals surface area contributed by atoms with Crippen LogP contribution in [0.25, 0.3) is 11.6 Å². The molecule has 19 heavy (non-hydrogen) atoms. The summed E-state index contributed by atoms with van der Waals surface area (Å²) in [5.74, 6) is 2.36. The summed E-state index contributed by atoms with van der Waals surface area (Å²) in [6.07, 6.45) is 6.83. The van der Waals surface area contributed by atoms with Crippen LogP contribution in [-0.2, 0) is 6.42 Å². The van der Waals surface area contributed by atoms with Crippen LogP contribution in [0.15, 0.2) is 16.9 Å². The Bertz CT molecular complexity index is 546. The average Bonchev–Trinajstić information content (AvgIpc) is 3.16. The van der Waals surface area contributed by atoms with Gasteiger partial charge in [0.1, 0.15) is 0 Å². The van der Waals surface area contributed by atoms with Gasteiger partial charge in [0.05, 0.1) is 0 Å². The lowest BCUT2D eigenvalue weighted by molar-refractivity contribution is 0.352. The van der Waals surface area contributed by atoms with Crippen molar-refractivity contribution in [3.8, 4) is 11.6 Å². The molecule has 6 heteroatoms. The Morgan fingerprint density at radius 3 is 2.68 bits per heavy atom. The normalized spacial score (nSPS) is 16.5. The fourth-order valence-corrected chi connectivity index (χ4v) is 2.13. The first kappa shape index (κ1) is 12.2. The molecule has 0 aliphatic heterocycles. The summed E-state index contributed by atoms with van der Waals surface area (Å²) in [6, 6.07) is 0.423. The Labute approximate surface area is 111 Å². The van der Waals surface area contributed by atoms with Crippen molar-refractivity contribution in [2.45, 2.75) is 32.2 Å². The number of likely N-dealkylation sites (N-methyl/N-ethyl adjacent to an activating group) is 1. The van der Waals surface area contributed by atoms with Gasteiger partial charge in [-0.15, -0.1) is 0 Å². The summed E-state index contributed by atoms with van der Waals surface area (Å²) < 4.78 is 5.28. The van der Waals surface area contributed by atoms with Gasteiger partial charge in [0.2, 0.25) is 17.5 Å². The van der Waals surface area contributed by atoms with E-state index < -0.39 is 0 Å². The molecule has 1 aliphatic carbocycles. The van der Waals surface area contributed by atoms with E-state index in [0.29, 0.717) is 23.6 Å². The SMILES string of the molecule is CNC(Cc1nc(-c2ncc(C)cn2)no1)C1CC1. The second kappa shape index (κ2) is 5.05. The fraction of sp³-hybridized carbons (Fsp3) is 0.538. The maximum absolute atomic E-state index is 5.28. The second-order valence-electron chi connectivity index (χ2n) is 5.03. The molecule has 1 atom stereocenters. The van der Waals surface area contributed by atoms with Gasteiger partial charge in [-0.2, -0.15) is 4.98 Å². The summed E-state index contributed by atoms with van der Waals surface area (Å²) in [6.45, 7) is 1.94.